The van der Waals surface area contributed by atoms with Crippen LogP contribution in [0.25, 0.3) is 0 Å². The van der Waals surface area contributed by atoms with Crippen LogP contribution in [0.3, 0.4) is 0 Å². The van der Waals surface area contributed by atoms with E-state index in [0.29, 0.717) is 6.54 Å². The van der Waals surface area contributed by atoms with Crippen LogP contribution in [0, 0.1) is 0 Å². The van der Waals surface area contributed by atoms with E-state index in [4.69, 9.17) is 4.42 Å². The van der Waals surface area contributed by atoms with Crippen molar-refractivity contribution in [3.8, 4) is 0 Å². The van der Waals surface area contributed by atoms with Crippen molar-refractivity contribution >= 4 is 23.2 Å². The van der Waals surface area contributed by atoms with E-state index in [1.54, 1.807) is 17.0 Å². The Balaban J connectivity index is 1.60. The number of allylic oxidation sites excluding steroid dienone is 1. The van der Waals surface area contributed by atoms with E-state index < -0.39 is 6.04 Å². The molecule has 5 nitrogen and oxygen atoms in total. The first-order chi connectivity index (χ1) is 14.7. The quantitative estimate of drug-likeness (QED) is 0.569. The molecule has 6 heteroatoms. The first-order valence-corrected chi connectivity index (χ1v) is 12.0. The van der Waals surface area contributed by atoms with Crippen LogP contribution in [0.2, 0.25) is 0 Å². The maximum Gasteiger partial charge on any atom is 0.290 e. The number of amides is 2. The van der Waals surface area contributed by atoms with Crippen molar-refractivity contribution in [2.24, 2.45) is 0 Å². The third-order valence-electron chi connectivity index (χ3n) is 6.13. The average molecular weight is 427 g/mol. The monoisotopic (exact) mass is 426 g/mol. The molecular formula is C24H30N2O3S. The van der Waals surface area contributed by atoms with E-state index in [-0.39, 0.29) is 23.6 Å². The van der Waals surface area contributed by atoms with Crippen LogP contribution in [0.15, 0.2) is 52.0 Å². The van der Waals surface area contributed by atoms with Gasteiger partial charge in [0.2, 0.25) is 5.91 Å². The number of carbonyl (C=O) groups excluding carboxylic acids is 2. The number of rotatable bonds is 8. The van der Waals surface area contributed by atoms with E-state index in [2.05, 4.69) is 11.4 Å². The van der Waals surface area contributed by atoms with Gasteiger partial charge in [0.25, 0.3) is 5.91 Å². The number of nitrogens with zero attached hydrogens (tertiary/aromatic N) is 1. The molecule has 2 aliphatic carbocycles. The molecule has 160 valence electrons. The molecule has 2 aromatic rings. The fraction of sp³-hybridized carbons (Fsp3) is 0.500. The molecule has 0 saturated heterocycles. The van der Waals surface area contributed by atoms with Crippen LogP contribution in [-0.4, -0.2) is 29.3 Å². The summed E-state index contributed by atoms with van der Waals surface area (Å²) in [7, 11) is 0. The Hall–Kier alpha value is -2.34. The number of furan rings is 1. The van der Waals surface area contributed by atoms with Crippen LogP contribution in [0.5, 0.6) is 0 Å². The van der Waals surface area contributed by atoms with Gasteiger partial charge in [0.05, 0.1) is 6.26 Å². The molecule has 2 amide bonds. The molecule has 0 bridgehead atoms. The largest absolute Gasteiger partial charge is 0.459 e. The Kier molecular flexibility index (Phi) is 7.05. The van der Waals surface area contributed by atoms with E-state index in [1.165, 1.54) is 36.0 Å². The van der Waals surface area contributed by atoms with Crippen molar-refractivity contribution in [3.63, 3.8) is 0 Å². The normalized spacial score (nSPS) is 18.1. The average Bonchev–Trinajstić information content (AvgIpc) is 3.55. The minimum atomic E-state index is -0.632. The lowest BCUT2D eigenvalue weighted by atomic mass is 9.96. The molecule has 2 aromatic heterocycles. The van der Waals surface area contributed by atoms with Gasteiger partial charge in [-0.25, -0.2) is 0 Å². The number of hydrogen-bond donors (Lipinski definition) is 1. The van der Waals surface area contributed by atoms with Gasteiger partial charge in [-0.05, 0) is 68.5 Å². The molecule has 0 aliphatic heterocycles. The summed E-state index contributed by atoms with van der Waals surface area (Å²) < 4.78 is 5.41. The second-order valence-electron chi connectivity index (χ2n) is 8.24. The summed E-state index contributed by atoms with van der Waals surface area (Å²) in [6.45, 7) is 0.506. The van der Waals surface area contributed by atoms with Gasteiger partial charge in [0.15, 0.2) is 5.76 Å². The van der Waals surface area contributed by atoms with E-state index in [1.807, 2.05) is 17.5 Å². The fourth-order valence-electron chi connectivity index (χ4n) is 4.51. The summed E-state index contributed by atoms with van der Waals surface area (Å²) in [5.41, 5.74) is 1.39. The Morgan fingerprint density at radius 1 is 1.17 bits per heavy atom. The first kappa shape index (κ1) is 20.9. The number of carbonyl (C=O) groups is 2. The van der Waals surface area contributed by atoms with E-state index in [0.717, 1.165) is 49.8 Å². The van der Waals surface area contributed by atoms with Crippen LogP contribution < -0.4 is 5.32 Å². The lowest BCUT2D eigenvalue weighted by molar-refractivity contribution is -0.126. The SMILES string of the molecule is O=C(NC1CCCC1)C(c1cccs1)N(CCC1=CCCCC1)C(=O)c1ccco1. The van der Waals surface area contributed by atoms with Gasteiger partial charge in [-0.2, -0.15) is 0 Å². The molecule has 1 fully saturated rings. The van der Waals surface area contributed by atoms with Crippen molar-refractivity contribution < 1.29 is 14.0 Å². The van der Waals surface area contributed by atoms with Gasteiger partial charge in [-0.1, -0.05) is 30.6 Å². The third kappa shape index (κ3) is 5.04. The second kappa shape index (κ2) is 10.1. The number of hydrogen-bond acceptors (Lipinski definition) is 4. The smallest absolute Gasteiger partial charge is 0.290 e. The summed E-state index contributed by atoms with van der Waals surface area (Å²) in [6.07, 6.45) is 13.6. The molecule has 1 unspecified atom stereocenters. The maximum absolute atomic E-state index is 13.4. The topological polar surface area (TPSA) is 62.6 Å². The molecular weight excluding hydrogens is 396 g/mol. The van der Waals surface area contributed by atoms with Gasteiger partial charge >= 0.3 is 0 Å². The molecule has 4 rings (SSSR count). The fourth-order valence-corrected chi connectivity index (χ4v) is 5.34. The molecule has 0 spiro atoms. The lowest BCUT2D eigenvalue weighted by Gasteiger charge is -2.31. The maximum atomic E-state index is 13.4. The van der Waals surface area contributed by atoms with Crippen LogP contribution in [0.1, 0.15) is 79.3 Å². The number of thiophene rings is 1. The van der Waals surface area contributed by atoms with Crippen LogP contribution >= 0.6 is 11.3 Å². The van der Waals surface area contributed by atoms with E-state index in [9.17, 15) is 9.59 Å². The Morgan fingerprint density at radius 3 is 2.70 bits per heavy atom. The second-order valence-corrected chi connectivity index (χ2v) is 9.22. The zero-order valence-electron chi connectivity index (χ0n) is 17.3. The van der Waals surface area contributed by atoms with Crippen LogP contribution in [-0.2, 0) is 4.79 Å². The highest BCUT2D eigenvalue weighted by Gasteiger charge is 2.35. The highest BCUT2D eigenvalue weighted by molar-refractivity contribution is 7.10. The minimum absolute atomic E-state index is 0.0816. The molecule has 30 heavy (non-hydrogen) atoms. The Labute approximate surface area is 182 Å². The molecule has 1 saturated carbocycles. The molecule has 1 N–H and O–H groups in total. The van der Waals surface area contributed by atoms with E-state index >= 15 is 0 Å². The minimum Gasteiger partial charge on any atom is -0.459 e. The molecule has 0 aromatic carbocycles. The first-order valence-electron chi connectivity index (χ1n) is 11.1. The predicted octanol–water partition coefficient (Wildman–Crippen LogP) is 5.47. The summed E-state index contributed by atoms with van der Waals surface area (Å²) >= 11 is 1.52. The van der Waals surface area contributed by atoms with Crippen LogP contribution in [0.4, 0.5) is 0 Å². The molecule has 0 radical (unpaired) electrons. The van der Waals surface area contributed by atoms with Gasteiger partial charge in [-0.3, -0.25) is 9.59 Å². The van der Waals surface area contributed by atoms with Gasteiger partial charge in [0.1, 0.15) is 6.04 Å². The summed E-state index contributed by atoms with van der Waals surface area (Å²) in [6, 6.07) is 6.86. The van der Waals surface area contributed by atoms with Crippen molar-refractivity contribution in [1.82, 2.24) is 10.2 Å². The van der Waals surface area contributed by atoms with Gasteiger partial charge in [0, 0.05) is 17.5 Å². The predicted molar refractivity (Wildman–Crippen MR) is 118 cm³/mol. The molecule has 1 atom stereocenters. The van der Waals surface area contributed by atoms with Crippen molar-refractivity contribution in [1.29, 1.82) is 0 Å². The molecule has 2 heterocycles. The third-order valence-corrected chi connectivity index (χ3v) is 7.05. The van der Waals surface area contributed by atoms with Crippen molar-refractivity contribution in [2.45, 2.75) is 69.9 Å². The summed E-state index contributed by atoms with van der Waals surface area (Å²) in [4.78, 5) is 29.4. The Morgan fingerprint density at radius 2 is 2.03 bits per heavy atom. The zero-order valence-corrected chi connectivity index (χ0v) is 18.2. The van der Waals surface area contributed by atoms with Crippen molar-refractivity contribution in [3.05, 3.63) is 58.2 Å². The highest BCUT2D eigenvalue weighted by Crippen LogP contribution is 2.30. The zero-order chi connectivity index (χ0) is 20.8. The Bertz CT molecular complexity index is 851. The van der Waals surface area contributed by atoms with Gasteiger partial charge in [-0.15, -0.1) is 11.3 Å². The van der Waals surface area contributed by atoms with Crippen molar-refractivity contribution in [2.75, 3.05) is 6.54 Å². The number of nitrogens with one attached hydrogen (secondary N) is 1. The lowest BCUT2D eigenvalue weighted by Crippen LogP contribution is -2.46. The highest BCUT2D eigenvalue weighted by atomic mass is 32.1. The summed E-state index contributed by atoms with van der Waals surface area (Å²) in [5, 5.41) is 5.18. The summed E-state index contributed by atoms with van der Waals surface area (Å²) in [5.74, 6) is -0.0268. The standard InChI is InChI=1S/C24H30N2O3S/c27-23(25-19-10-4-5-11-19)22(21-13-7-17-30-21)26(24(28)20-12-6-16-29-20)15-14-18-8-2-1-3-9-18/h6-8,12-13,16-17,19,22H,1-5,9-11,14-15H2,(H,25,27). The molecule has 2 aliphatic rings. The van der Waals surface area contributed by atoms with Gasteiger partial charge < -0.3 is 14.6 Å².